The van der Waals surface area contributed by atoms with E-state index in [1.807, 2.05) is 60.7 Å². The average molecular weight is 502 g/mol. The van der Waals surface area contributed by atoms with Crippen LogP contribution in [0.15, 0.2) is 105 Å². The van der Waals surface area contributed by atoms with Gasteiger partial charge in [-0.1, -0.05) is 48.0 Å². The Hall–Kier alpha value is -4.14. The van der Waals surface area contributed by atoms with Gasteiger partial charge in [-0.2, -0.15) is 0 Å². The zero-order valence-corrected chi connectivity index (χ0v) is 19.6. The van der Waals surface area contributed by atoms with Gasteiger partial charge in [-0.25, -0.2) is 4.99 Å². The molecule has 0 aliphatic carbocycles. The van der Waals surface area contributed by atoms with E-state index in [2.05, 4.69) is 4.99 Å². The summed E-state index contributed by atoms with van der Waals surface area (Å²) in [6.07, 6.45) is 1.65. The number of anilines is 1. The molecular formula is C26H16ClN3O4S. The van der Waals surface area contributed by atoms with Gasteiger partial charge in [0, 0.05) is 23.8 Å². The van der Waals surface area contributed by atoms with Crippen molar-refractivity contribution < 1.29 is 14.1 Å². The number of hydrogen-bond donors (Lipinski definition) is 0. The number of furan rings is 1. The third kappa shape index (κ3) is 4.75. The minimum atomic E-state index is -0.510. The Morgan fingerprint density at radius 1 is 0.971 bits per heavy atom. The van der Waals surface area contributed by atoms with Crippen LogP contribution < -0.4 is 4.90 Å². The van der Waals surface area contributed by atoms with Crippen LogP contribution in [-0.2, 0) is 4.79 Å². The van der Waals surface area contributed by atoms with Gasteiger partial charge in [-0.05, 0) is 54.2 Å². The summed E-state index contributed by atoms with van der Waals surface area (Å²) >= 11 is 7.48. The Morgan fingerprint density at radius 3 is 2.37 bits per heavy atom. The van der Waals surface area contributed by atoms with Gasteiger partial charge in [0.15, 0.2) is 5.17 Å². The molecule has 0 saturated carbocycles. The molecule has 1 fully saturated rings. The predicted octanol–water partition coefficient (Wildman–Crippen LogP) is 7.32. The molecule has 1 aliphatic rings. The molecule has 0 spiro atoms. The number of non-ortho nitro benzene ring substituents is 1. The summed E-state index contributed by atoms with van der Waals surface area (Å²) in [5.41, 5.74) is 1.86. The minimum absolute atomic E-state index is 0.105. The molecule has 0 N–H and O–H groups in total. The zero-order chi connectivity index (χ0) is 24.4. The van der Waals surface area contributed by atoms with Gasteiger partial charge >= 0.3 is 0 Å². The number of rotatable bonds is 5. The molecule has 9 heteroatoms. The van der Waals surface area contributed by atoms with Crippen LogP contribution in [-0.4, -0.2) is 16.0 Å². The number of carbonyl (C=O) groups is 1. The lowest BCUT2D eigenvalue weighted by Crippen LogP contribution is -2.28. The third-order valence-corrected chi connectivity index (χ3v) is 6.41. The van der Waals surface area contributed by atoms with Crippen molar-refractivity contribution in [2.24, 2.45) is 4.99 Å². The molecule has 0 bridgehead atoms. The molecule has 1 saturated heterocycles. The fourth-order valence-electron chi connectivity index (χ4n) is 3.49. The number of halogens is 1. The zero-order valence-electron chi connectivity index (χ0n) is 18.0. The number of hydrogen-bond acceptors (Lipinski definition) is 6. The molecule has 3 aromatic carbocycles. The molecule has 1 aliphatic heterocycles. The second-order valence-electron chi connectivity index (χ2n) is 7.44. The van der Waals surface area contributed by atoms with Crippen molar-refractivity contribution in [1.29, 1.82) is 0 Å². The highest BCUT2D eigenvalue weighted by atomic mass is 35.5. The van der Waals surface area contributed by atoms with Crippen molar-refractivity contribution in [2.45, 2.75) is 0 Å². The van der Waals surface area contributed by atoms with Crippen LogP contribution in [0.1, 0.15) is 5.76 Å². The van der Waals surface area contributed by atoms with E-state index in [1.165, 1.54) is 30.0 Å². The van der Waals surface area contributed by atoms with Crippen LogP contribution in [0.3, 0.4) is 0 Å². The molecule has 172 valence electrons. The van der Waals surface area contributed by atoms with Crippen LogP contribution in [0.4, 0.5) is 17.1 Å². The highest BCUT2D eigenvalue weighted by Crippen LogP contribution is 2.38. The number of amides is 1. The number of nitro groups is 1. The van der Waals surface area contributed by atoms with Gasteiger partial charge in [-0.15, -0.1) is 0 Å². The van der Waals surface area contributed by atoms with Crippen LogP contribution in [0, 0.1) is 10.1 Å². The molecule has 1 amide bonds. The predicted molar refractivity (Wildman–Crippen MR) is 139 cm³/mol. The summed E-state index contributed by atoms with van der Waals surface area (Å²) in [6.45, 7) is 0. The first-order valence-electron chi connectivity index (χ1n) is 10.5. The van der Waals surface area contributed by atoms with E-state index in [9.17, 15) is 14.9 Å². The van der Waals surface area contributed by atoms with E-state index in [-0.39, 0.29) is 16.6 Å². The van der Waals surface area contributed by atoms with E-state index in [1.54, 1.807) is 23.1 Å². The molecule has 7 nitrogen and oxygen atoms in total. The van der Waals surface area contributed by atoms with Gasteiger partial charge < -0.3 is 4.42 Å². The van der Waals surface area contributed by atoms with Crippen molar-refractivity contribution in [3.8, 4) is 11.3 Å². The van der Waals surface area contributed by atoms with Gasteiger partial charge in [0.25, 0.3) is 11.6 Å². The fraction of sp³-hybridized carbons (Fsp3) is 0. The maximum absolute atomic E-state index is 13.4. The Balaban J connectivity index is 1.49. The van der Waals surface area contributed by atoms with Crippen LogP contribution in [0.5, 0.6) is 0 Å². The second kappa shape index (κ2) is 9.61. The highest BCUT2D eigenvalue weighted by molar-refractivity contribution is 8.19. The first kappa shape index (κ1) is 22.6. The maximum atomic E-state index is 13.4. The standard InChI is InChI=1S/C26H16ClN3O4S/c27-22-15-19(30(32)33)11-13-21(22)23-14-12-20(34-23)16-24-25(31)29(18-9-5-2-6-10-18)26(35-24)28-17-7-3-1-4-8-17/h1-16H/b24-16-,28-26?. The number of amidine groups is 1. The SMILES string of the molecule is O=C1/C(=C/c2ccc(-c3ccc([N+](=O)[O-])cc3Cl)o2)SC(=Nc2ccccc2)N1c1ccccc1. The quantitative estimate of drug-likeness (QED) is 0.162. The number of aliphatic imine (C=N–C) groups is 1. The van der Waals surface area contributed by atoms with E-state index in [0.29, 0.717) is 32.8 Å². The number of nitrogens with zero attached hydrogens (tertiary/aromatic N) is 3. The largest absolute Gasteiger partial charge is 0.457 e. The number of carbonyl (C=O) groups excluding carboxylic acids is 1. The van der Waals surface area contributed by atoms with E-state index in [0.717, 1.165) is 5.69 Å². The summed E-state index contributed by atoms with van der Waals surface area (Å²) in [6, 6.07) is 26.3. The topological polar surface area (TPSA) is 88.9 Å². The monoisotopic (exact) mass is 501 g/mol. The lowest BCUT2D eigenvalue weighted by molar-refractivity contribution is -0.384. The maximum Gasteiger partial charge on any atom is 0.271 e. The lowest BCUT2D eigenvalue weighted by Gasteiger charge is -2.15. The summed E-state index contributed by atoms with van der Waals surface area (Å²) in [5, 5.41) is 11.7. The van der Waals surface area contributed by atoms with Crippen LogP contribution >= 0.6 is 23.4 Å². The van der Waals surface area contributed by atoms with E-state index in [4.69, 9.17) is 16.0 Å². The molecule has 1 aromatic heterocycles. The Bertz CT molecular complexity index is 1480. The summed E-state index contributed by atoms with van der Waals surface area (Å²) in [5.74, 6) is 0.659. The normalized spacial score (nSPS) is 15.8. The van der Waals surface area contributed by atoms with Crippen molar-refractivity contribution in [2.75, 3.05) is 4.90 Å². The van der Waals surface area contributed by atoms with Gasteiger partial charge in [0.1, 0.15) is 11.5 Å². The van der Waals surface area contributed by atoms with Crippen LogP contribution in [0.25, 0.3) is 17.4 Å². The smallest absolute Gasteiger partial charge is 0.271 e. The number of benzene rings is 3. The first-order chi connectivity index (χ1) is 17.0. The molecule has 0 unspecified atom stereocenters. The van der Waals surface area contributed by atoms with E-state index < -0.39 is 4.92 Å². The number of nitro benzene ring substituents is 1. The average Bonchev–Trinajstić information content (AvgIpc) is 3.44. The first-order valence-corrected chi connectivity index (χ1v) is 11.7. The minimum Gasteiger partial charge on any atom is -0.457 e. The molecule has 4 aromatic rings. The number of para-hydroxylation sites is 2. The molecular weight excluding hydrogens is 486 g/mol. The summed E-state index contributed by atoms with van der Waals surface area (Å²) in [7, 11) is 0. The second-order valence-corrected chi connectivity index (χ2v) is 8.86. The molecule has 2 heterocycles. The Labute approximate surface area is 209 Å². The Kier molecular flexibility index (Phi) is 6.22. The van der Waals surface area contributed by atoms with Crippen molar-refractivity contribution in [3.63, 3.8) is 0 Å². The molecule has 0 atom stereocenters. The van der Waals surface area contributed by atoms with Crippen molar-refractivity contribution in [3.05, 3.63) is 117 Å². The number of thioether (sulfide) groups is 1. The Morgan fingerprint density at radius 2 is 1.69 bits per heavy atom. The highest BCUT2D eigenvalue weighted by Gasteiger charge is 2.35. The van der Waals surface area contributed by atoms with E-state index >= 15 is 0 Å². The summed E-state index contributed by atoms with van der Waals surface area (Å²) < 4.78 is 5.90. The lowest BCUT2D eigenvalue weighted by atomic mass is 10.1. The molecule has 35 heavy (non-hydrogen) atoms. The third-order valence-electron chi connectivity index (χ3n) is 5.13. The molecule has 5 rings (SSSR count). The van der Waals surface area contributed by atoms with Gasteiger partial charge in [0.05, 0.1) is 26.2 Å². The van der Waals surface area contributed by atoms with Gasteiger partial charge in [-0.3, -0.25) is 19.8 Å². The van der Waals surface area contributed by atoms with Crippen molar-refractivity contribution in [1.82, 2.24) is 0 Å². The summed E-state index contributed by atoms with van der Waals surface area (Å²) in [4.78, 5) is 30.5. The van der Waals surface area contributed by atoms with Crippen molar-refractivity contribution >= 4 is 57.6 Å². The molecule has 0 radical (unpaired) electrons. The fourth-order valence-corrected chi connectivity index (χ4v) is 4.74. The van der Waals surface area contributed by atoms with Gasteiger partial charge in [0.2, 0.25) is 0 Å². The van der Waals surface area contributed by atoms with Crippen LogP contribution in [0.2, 0.25) is 5.02 Å².